The van der Waals surface area contributed by atoms with E-state index in [1.165, 1.54) is 0 Å². The molecule has 0 aliphatic heterocycles. The highest BCUT2D eigenvalue weighted by molar-refractivity contribution is 9.10. The molecule has 112 valence electrons. The summed E-state index contributed by atoms with van der Waals surface area (Å²) in [4.78, 5) is 0. The number of rotatable bonds is 6. The Labute approximate surface area is 139 Å². The van der Waals surface area contributed by atoms with E-state index in [1.807, 2.05) is 30.3 Å². The van der Waals surface area contributed by atoms with E-state index in [1.54, 1.807) is 0 Å². The van der Waals surface area contributed by atoms with Gasteiger partial charge in [0.1, 0.15) is 11.5 Å². The predicted octanol–water partition coefficient (Wildman–Crippen LogP) is 5.57. The van der Waals surface area contributed by atoms with Crippen molar-refractivity contribution in [3.8, 4) is 11.5 Å². The Morgan fingerprint density at radius 2 is 1.90 bits per heavy atom. The zero-order valence-electron chi connectivity index (χ0n) is 12.2. The second-order valence-electron chi connectivity index (χ2n) is 4.74. The van der Waals surface area contributed by atoms with Gasteiger partial charge in [-0.3, -0.25) is 0 Å². The van der Waals surface area contributed by atoms with Crippen LogP contribution in [0.15, 0.2) is 40.9 Å². The molecule has 2 aromatic rings. The van der Waals surface area contributed by atoms with E-state index in [2.05, 4.69) is 41.2 Å². The molecule has 0 unspecified atom stereocenters. The number of hydrogen-bond acceptors (Lipinski definition) is 2. The summed E-state index contributed by atoms with van der Waals surface area (Å²) in [6, 6.07) is 11.8. The maximum absolute atomic E-state index is 6.15. The molecule has 0 atom stereocenters. The molecule has 2 rings (SSSR count). The van der Waals surface area contributed by atoms with Gasteiger partial charge in [-0.15, -0.1) is 0 Å². The second-order valence-corrected chi connectivity index (χ2v) is 6.06. The first-order valence-electron chi connectivity index (χ1n) is 7.09. The van der Waals surface area contributed by atoms with Gasteiger partial charge in [-0.2, -0.15) is 0 Å². The van der Waals surface area contributed by atoms with Crippen molar-refractivity contribution in [1.29, 1.82) is 0 Å². The van der Waals surface area contributed by atoms with Crippen LogP contribution in [0.5, 0.6) is 11.5 Å². The average Bonchev–Trinajstić information content (AvgIpc) is 2.49. The lowest BCUT2D eigenvalue weighted by Crippen LogP contribution is -2.12. The zero-order chi connectivity index (χ0) is 15.2. The van der Waals surface area contributed by atoms with E-state index in [-0.39, 0.29) is 0 Å². The monoisotopic (exact) mass is 367 g/mol. The van der Waals surface area contributed by atoms with E-state index in [0.29, 0.717) is 0 Å². The van der Waals surface area contributed by atoms with Gasteiger partial charge in [-0.1, -0.05) is 41.4 Å². The van der Waals surface area contributed by atoms with Gasteiger partial charge in [0, 0.05) is 21.6 Å². The highest BCUT2D eigenvalue weighted by atomic mass is 79.9. The number of benzene rings is 2. The largest absolute Gasteiger partial charge is 0.457 e. The van der Waals surface area contributed by atoms with Crippen molar-refractivity contribution in [3.63, 3.8) is 0 Å². The Hall–Kier alpha value is -1.03. The summed E-state index contributed by atoms with van der Waals surface area (Å²) >= 11 is 9.65. The first-order valence-corrected chi connectivity index (χ1v) is 8.26. The number of halogens is 2. The minimum Gasteiger partial charge on any atom is -0.457 e. The summed E-state index contributed by atoms with van der Waals surface area (Å²) in [6.45, 7) is 5.87. The zero-order valence-corrected chi connectivity index (χ0v) is 14.6. The van der Waals surface area contributed by atoms with E-state index >= 15 is 0 Å². The van der Waals surface area contributed by atoms with Crippen molar-refractivity contribution in [2.24, 2.45) is 0 Å². The minimum atomic E-state index is 0.777. The smallest absolute Gasteiger partial charge is 0.131 e. The highest BCUT2D eigenvalue weighted by Crippen LogP contribution is 2.30. The number of nitrogens with one attached hydrogen (secondary N) is 1. The Morgan fingerprint density at radius 1 is 1.10 bits per heavy atom. The van der Waals surface area contributed by atoms with Crippen LogP contribution < -0.4 is 10.1 Å². The normalized spacial score (nSPS) is 10.7. The van der Waals surface area contributed by atoms with Crippen molar-refractivity contribution in [1.82, 2.24) is 5.32 Å². The highest BCUT2D eigenvalue weighted by Gasteiger charge is 2.07. The van der Waals surface area contributed by atoms with E-state index in [4.69, 9.17) is 16.3 Å². The van der Waals surface area contributed by atoms with Gasteiger partial charge in [0.2, 0.25) is 0 Å². The Bertz CT molecular complexity index is 616. The van der Waals surface area contributed by atoms with Crippen LogP contribution >= 0.6 is 27.5 Å². The quantitative estimate of drug-likeness (QED) is 0.720. The van der Waals surface area contributed by atoms with Gasteiger partial charge in [0.05, 0.1) is 0 Å². The lowest BCUT2D eigenvalue weighted by Gasteiger charge is -2.13. The number of ether oxygens (including phenoxy) is 1. The van der Waals surface area contributed by atoms with Gasteiger partial charge in [-0.25, -0.2) is 0 Å². The summed E-state index contributed by atoms with van der Waals surface area (Å²) in [6.07, 6.45) is 0.890. The fourth-order valence-corrected chi connectivity index (χ4v) is 2.72. The van der Waals surface area contributed by atoms with E-state index in [0.717, 1.165) is 51.6 Å². The summed E-state index contributed by atoms with van der Waals surface area (Å²) in [7, 11) is 0. The van der Waals surface area contributed by atoms with E-state index in [9.17, 15) is 0 Å². The molecule has 0 saturated carbocycles. The lowest BCUT2D eigenvalue weighted by molar-refractivity contribution is 0.472. The van der Waals surface area contributed by atoms with Crippen molar-refractivity contribution < 1.29 is 4.74 Å². The molecule has 0 aromatic heterocycles. The summed E-state index contributed by atoms with van der Waals surface area (Å²) < 4.78 is 7.09. The third-order valence-corrected chi connectivity index (χ3v) is 4.08. The van der Waals surface area contributed by atoms with Crippen LogP contribution in [0.4, 0.5) is 0 Å². The van der Waals surface area contributed by atoms with Gasteiger partial charge in [0.25, 0.3) is 0 Å². The topological polar surface area (TPSA) is 21.3 Å². The summed E-state index contributed by atoms with van der Waals surface area (Å²) in [5, 5.41) is 4.11. The number of aryl methyl sites for hydroxylation is 1. The van der Waals surface area contributed by atoms with Crippen LogP contribution in [0.1, 0.15) is 25.0 Å². The number of hydrogen-bond donors (Lipinski definition) is 1. The molecule has 0 bridgehead atoms. The van der Waals surface area contributed by atoms with Crippen molar-refractivity contribution in [3.05, 3.63) is 57.0 Å². The molecule has 2 nitrogen and oxygen atoms in total. The molecule has 0 aliphatic carbocycles. The first kappa shape index (κ1) is 16.3. The molecule has 0 radical (unpaired) electrons. The van der Waals surface area contributed by atoms with Crippen molar-refractivity contribution in [2.45, 2.75) is 26.8 Å². The van der Waals surface area contributed by atoms with Crippen LogP contribution in [-0.4, -0.2) is 6.54 Å². The maximum Gasteiger partial charge on any atom is 0.131 e. The standard InChI is InChI=1S/C17H19BrClNO/c1-3-12-10-15(6-7-16(12)19)21-17-8-5-14(18)9-13(17)11-20-4-2/h5-10,20H,3-4,11H2,1-2H3. The molecule has 4 heteroatoms. The fraction of sp³-hybridized carbons (Fsp3) is 0.294. The Balaban J connectivity index is 2.26. The van der Waals surface area contributed by atoms with Gasteiger partial charge in [-0.05, 0) is 54.9 Å². The molecule has 0 spiro atoms. The van der Waals surface area contributed by atoms with Gasteiger partial charge < -0.3 is 10.1 Å². The molecule has 0 heterocycles. The van der Waals surface area contributed by atoms with Crippen LogP contribution in [0.25, 0.3) is 0 Å². The minimum absolute atomic E-state index is 0.777. The SMILES string of the molecule is CCNCc1cc(Br)ccc1Oc1ccc(Cl)c(CC)c1. The molecule has 0 amide bonds. The van der Waals surface area contributed by atoms with Gasteiger partial charge in [0.15, 0.2) is 0 Å². The molecule has 1 N–H and O–H groups in total. The summed E-state index contributed by atoms with van der Waals surface area (Å²) in [5.74, 6) is 1.68. The van der Waals surface area contributed by atoms with Crippen LogP contribution in [-0.2, 0) is 13.0 Å². The van der Waals surface area contributed by atoms with E-state index < -0.39 is 0 Å². The third kappa shape index (κ3) is 4.47. The van der Waals surface area contributed by atoms with Crippen molar-refractivity contribution in [2.75, 3.05) is 6.54 Å². The maximum atomic E-state index is 6.15. The van der Waals surface area contributed by atoms with Crippen LogP contribution in [0.3, 0.4) is 0 Å². The lowest BCUT2D eigenvalue weighted by atomic mass is 10.1. The molecule has 0 saturated heterocycles. The molecule has 0 aliphatic rings. The first-order chi connectivity index (χ1) is 10.1. The van der Waals surface area contributed by atoms with Crippen molar-refractivity contribution >= 4 is 27.5 Å². The second kappa shape index (κ2) is 7.83. The molecular formula is C17H19BrClNO. The van der Waals surface area contributed by atoms with Gasteiger partial charge >= 0.3 is 0 Å². The molecule has 2 aromatic carbocycles. The third-order valence-electron chi connectivity index (χ3n) is 3.21. The fourth-order valence-electron chi connectivity index (χ4n) is 2.06. The molecule has 0 fully saturated rings. The molecule has 21 heavy (non-hydrogen) atoms. The van der Waals surface area contributed by atoms with Crippen LogP contribution in [0, 0.1) is 0 Å². The molecular weight excluding hydrogens is 350 g/mol. The Morgan fingerprint density at radius 3 is 2.62 bits per heavy atom. The Kier molecular flexibility index (Phi) is 6.09. The average molecular weight is 369 g/mol. The predicted molar refractivity (Wildman–Crippen MR) is 92.4 cm³/mol. The summed E-state index contributed by atoms with van der Waals surface area (Å²) in [5.41, 5.74) is 2.22. The van der Waals surface area contributed by atoms with Crippen LogP contribution in [0.2, 0.25) is 5.02 Å².